The van der Waals surface area contributed by atoms with Crippen molar-refractivity contribution in [2.45, 2.75) is 57.9 Å². The van der Waals surface area contributed by atoms with Crippen molar-refractivity contribution in [2.24, 2.45) is 23.2 Å². The van der Waals surface area contributed by atoms with E-state index in [4.69, 9.17) is 4.74 Å². The highest BCUT2D eigenvalue weighted by Crippen LogP contribution is 2.61. The number of phenols is 1. The molecule has 0 saturated heterocycles. The number of aromatic nitrogens is 1. The number of nitrogens with zero attached hydrogens (tertiary/aromatic N) is 1. The van der Waals surface area contributed by atoms with Gasteiger partial charge in [-0.05, 0) is 84.7 Å². The van der Waals surface area contributed by atoms with E-state index in [1.165, 1.54) is 11.1 Å². The number of phenolic OH excluding ortho intramolecular Hbond substituents is 1. The molecule has 0 spiro atoms. The maximum atomic E-state index is 13.5. The summed E-state index contributed by atoms with van der Waals surface area (Å²) in [6, 6.07) is 7.64. The number of aryl methyl sites for hydroxylation is 1. The van der Waals surface area contributed by atoms with Gasteiger partial charge in [-0.3, -0.25) is 14.6 Å². The lowest BCUT2D eigenvalue weighted by atomic mass is 9.55. The molecule has 0 bridgehead atoms. The molecule has 0 radical (unpaired) electrons. The lowest BCUT2D eigenvalue weighted by Gasteiger charge is -2.48. The molecule has 2 saturated carbocycles. The molecule has 33 heavy (non-hydrogen) atoms. The topological polar surface area (TPSA) is 88.5 Å². The number of hydrogen-bond acceptors (Lipinski definition) is 5. The number of hydrogen-bond donors (Lipinski definition) is 2. The number of ether oxygens (including phenoxy) is 1. The number of rotatable bonds is 5. The van der Waals surface area contributed by atoms with Gasteiger partial charge in [0.25, 0.3) is 0 Å². The molecule has 0 unspecified atom stereocenters. The number of benzene rings is 1. The van der Waals surface area contributed by atoms with Gasteiger partial charge in [0.05, 0.1) is 7.11 Å². The summed E-state index contributed by atoms with van der Waals surface area (Å²) >= 11 is 0. The first kappa shape index (κ1) is 21.9. The van der Waals surface area contributed by atoms with Crippen LogP contribution in [-0.2, 0) is 22.6 Å². The minimum absolute atomic E-state index is 0.0646. The van der Waals surface area contributed by atoms with Gasteiger partial charge in [0.2, 0.25) is 5.91 Å². The average Bonchev–Trinajstić information content (AvgIpc) is 3.08. The maximum absolute atomic E-state index is 13.5. The molecule has 1 aromatic carbocycles. The molecule has 6 heteroatoms. The van der Waals surface area contributed by atoms with E-state index in [1.54, 1.807) is 19.5 Å². The third kappa shape index (κ3) is 3.79. The smallest absolute Gasteiger partial charge is 0.220 e. The van der Waals surface area contributed by atoms with Crippen molar-refractivity contribution in [3.05, 3.63) is 53.3 Å². The van der Waals surface area contributed by atoms with Crippen LogP contribution in [0.4, 0.5) is 0 Å². The molecule has 2 N–H and O–H groups in total. The zero-order chi connectivity index (χ0) is 23.2. The van der Waals surface area contributed by atoms with Gasteiger partial charge >= 0.3 is 0 Å². The molecule has 2 aromatic rings. The van der Waals surface area contributed by atoms with E-state index in [2.05, 4.69) is 17.2 Å². The van der Waals surface area contributed by atoms with Crippen LogP contribution in [0.3, 0.4) is 0 Å². The fourth-order valence-corrected chi connectivity index (χ4v) is 6.87. The Morgan fingerprint density at radius 2 is 2.18 bits per heavy atom. The Morgan fingerprint density at radius 1 is 1.33 bits per heavy atom. The normalized spacial score (nSPS) is 30.2. The maximum Gasteiger partial charge on any atom is 0.220 e. The Balaban J connectivity index is 1.31. The van der Waals surface area contributed by atoms with E-state index in [9.17, 15) is 14.7 Å². The SMILES string of the molecule is COc1cc2c(cc1O)CC[C@@H]1[C@@H]2CC[C@]2(C)C(=O)[C@@H](CC(=O)NCc3cccnc3)C[C@@H]12. The predicted octanol–water partition coefficient (Wildman–Crippen LogP) is 4.15. The summed E-state index contributed by atoms with van der Waals surface area (Å²) in [5, 5.41) is 13.2. The molecule has 174 valence electrons. The van der Waals surface area contributed by atoms with Gasteiger partial charge in [0, 0.05) is 36.7 Å². The summed E-state index contributed by atoms with van der Waals surface area (Å²) in [6.45, 7) is 2.57. The minimum Gasteiger partial charge on any atom is -0.504 e. The second-order valence-electron chi connectivity index (χ2n) is 10.2. The van der Waals surface area contributed by atoms with Crippen LogP contribution in [-0.4, -0.2) is 28.9 Å². The van der Waals surface area contributed by atoms with E-state index in [1.807, 2.05) is 24.3 Å². The van der Waals surface area contributed by atoms with Crippen molar-refractivity contribution in [3.8, 4) is 11.5 Å². The third-order valence-electron chi connectivity index (χ3n) is 8.53. The van der Waals surface area contributed by atoms with Crippen LogP contribution in [0, 0.1) is 23.2 Å². The van der Waals surface area contributed by atoms with Crippen LogP contribution in [0.2, 0.25) is 0 Å². The van der Waals surface area contributed by atoms with Crippen molar-refractivity contribution < 1.29 is 19.4 Å². The first-order chi connectivity index (χ1) is 15.9. The molecule has 0 aliphatic heterocycles. The van der Waals surface area contributed by atoms with E-state index in [0.29, 0.717) is 30.0 Å². The largest absolute Gasteiger partial charge is 0.504 e. The molecule has 5 atom stereocenters. The Morgan fingerprint density at radius 3 is 2.94 bits per heavy atom. The lowest BCUT2D eigenvalue weighted by molar-refractivity contribution is -0.134. The zero-order valence-electron chi connectivity index (χ0n) is 19.3. The van der Waals surface area contributed by atoms with Gasteiger partial charge in [-0.1, -0.05) is 13.0 Å². The Labute approximate surface area is 194 Å². The molecule has 3 aliphatic rings. The number of nitrogens with one attached hydrogen (secondary N) is 1. The monoisotopic (exact) mass is 448 g/mol. The van der Waals surface area contributed by atoms with Gasteiger partial charge < -0.3 is 15.2 Å². The second-order valence-corrected chi connectivity index (χ2v) is 10.2. The van der Waals surface area contributed by atoms with E-state index in [0.717, 1.165) is 37.7 Å². The average molecular weight is 449 g/mol. The summed E-state index contributed by atoms with van der Waals surface area (Å²) in [5.74, 6) is 1.83. The molecular weight excluding hydrogens is 416 g/mol. The van der Waals surface area contributed by atoms with Gasteiger partial charge in [-0.2, -0.15) is 0 Å². The molecule has 1 aromatic heterocycles. The molecule has 5 rings (SSSR count). The van der Waals surface area contributed by atoms with Crippen LogP contribution in [0.5, 0.6) is 11.5 Å². The second kappa shape index (κ2) is 8.47. The van der Waals surface area contributed by atoms with Crippen molar-refractivity contribution >= 4 is 11.7 Å². The number of carbonyl (C=O) groups is 2. The van der Waals surface area contributed by atoms with Crippen molar-refractivity contribution in [2.75, 3.05) is 7.11 Å². The quantitative estimate of drug-likeness (QED) is 0.717. The van der Waals surface area contributed by atoms with E-state index < -0.39 is 0 Å². The molecule has 3 aliphatic carbocycles. The highest BCUT2D eigenvalue weighted by Gasteiger charge is 2.58. The van der Waals surface area contributed by atoms with E-state index >= 15 is 0 Å². The highest BCUT2D eigenvalue weighted by molar-refractivity contribution is 5.93. The fraction of sp³-hybridized carbons (Fsp3) is 0.519. The Bertz CT molecular complexity index is 1070. The number of ketones is 1. The zero-order valence-corrected chi connectivity index (χ0v) is 19.3. The number of amides is 1. The van der Waals surface area contributed by atoms with Gasteiger partial charge in [0.15, 0.2) is 11.5 Å². The molecule has 1 heterocycles. The number of fused-ring (bicyclic) bond motifs is 5. The summed E-state index contributed by atoms with van der Waals surface area (Å²) in [4.78, 5) is 30.2. The lowest BCUT2D eigenvalue weighted by Crippen LogP contribution is -2.42. The standard InChI is InChI=1S/C27H32N2O4/c1-27-8-7-19-20(6-5-17-11-23(30)24(33-2)13-21(17)19)22(27)10-18(26(27)32)12-25(31)29-15-16-4-3-9-28-14-16/h3-4,9,11,13-14,18-20,22,30H,5-8,10,12,15H2,1-2H3,(H,29,31)/t18-,19+,20-,22+,27+/m1/s1. The first-order valence-electron chi connectivity index (χ1n) is 12.0. The predicted molar refractivity (Wildman–Crippen MR) is 124 cm³/mol. The number of methoxy groups -OCH3 is 1. The number of pyridine rings is 1. The third-order valence-corrected chi connectivity index (χ3v) is 8.53. The fourth-order valence-electron chi connectivity index (χ4n) is 6.87. The minimum atomic E-state index is -0.339. The summed E-state index contributed by atoms with van der Waals surface area (Å²) < 4.78 is 5.38. The van der Waals surface area contributed by atoms with Crippen LogP contribution in [0.15, 0.2) is 36.7 Å². The molecule has 2 fully saturated rings. The van der Waals surface area contributed by atoms with Crippen LogP contribution in [0.25, 0.3) is 0 Å². The highest BCUT2D eigenvalue weighted by atomic mass is 16.5. The molecule has 6 nitrogen and oxygen atoms in total. The molecule has 1 amide bonds. The van der Waals surface area contributed by atoms with Crippen molar-refractivity contribution in [1.29, 1.82) is 0 Å². The summed E-state index contributed by atoms with van der Waals surface area (Å²) in [5.41, 5.74) is 3.09. The Kier molecular flexibility index (Phi) is 5.63. The van der Waals surface area contributed by atoms with Crippen LogP contribution in [0.1, 0.15) is 61.6 Å². The van der Waals surface area contributed by atoms with Crippen LogP contribution >= 0.6 is 0 Å². The summed E-state index contributed by atoms with van der Waals surface area (Å²) in [7, 11) is 1.58. The number of aromatic hydroxyl groups is 1. The van der Waals surface area contributed by atoms with Gasteiger partial charge in [-0.25, -0.2) is 0 Å². The van der Waals surface area contributed by atoms with Crippen molar-refractivity contribution in [1.82, 2.24) is 10.3 Å². The van der Waals surface area contributed by atoms with Crippen LogP contribution < -0.4 is 10.1 Å². The molecular formula is C27H32N2O4. The first-order valence-corrected chi connectivity index (χ1v) is 12.0. The number of Topliss-reactive ketones (excluding diaryl/α,β-unsaturated/α-hetero) is 1. The van der Waals surface area contributed by atoms with Crippen molar-refractivity contribution in [3.63, 3.8) is 0 Å². The van der Waals surface area contributed by atoms with Gasteiger partial charge in [0.1, 0.15) is 5.78 Å². The summed E-state index contributed by atoms with van der Waals surface area (Å²) in [6.07, 6.45) is 8.26. The number of carbonyl (C=O) groups excluding carboxylic acids is 2. The van der Waals surface area contributed by atoms with Gasteiger partial charge in [-0.15, -0.1) is 0 Å². The Hall–Kier alpha value is -2.89. The van der Waals surface area contributed by atoms with E-state index in [-0.39, 0.29) is 35.2 Å².